The lowest BCUT2D eigenvalue weighted by molar-refractivity contribution is -0.144. The summed E-state index contributed by atoms with van der Waals surface area (Å²) in [5, 5.41) is 15.0. The molecule has 3 N–H and O–H groups in total. The fourth-order valence-electron chi connectivity index (χ4n) is 2.67. The summed E-state index contributed by atoms with van der Waals surface area (Å²) < 4.78 is 0. The molecule has 1 amide bonds. The molecule has 0 aromatic heterocycles. The Bertz CT molecular complexity index is 330. The molecule has 2 atom stereocenters. The van der Waals surface area contributed by atoms with Crippen molar-refractivity contribution in [2.45, 2.75) is 45.1 Å². The lowest BCUT2D eigenvalue weighted by atomic mass is 9.76. The van der Waals surface area contributed by atoms with Gasteiger partial charge in [-0.15, -0.1) is 6.58 Å². The Morgan fingerprint density at radius 2 is 2.32 bits per heavy atom. The Morgan fingerprint density at radius 3 is 2.79 bits per heavy atom. The molecule has 0 aromatic rings. The molecule has 5 heteroatoms. The Morgan fingerprint density at radius 1 is 1.58 bits per heavy atom. The van der Waals surface area contributed by atoms with Crippen LogP contribution in [0.5, 0.6) is 0 Å². The summed E-state index contributed by atoms with van der Waals surface area (Å²) in [6.45, 7) is 7.13. The molecule has 2 unspecified atom stereocenters. The number of carboxylic acid groups (broad SMARTS) is 1. The minimum Gasteiger partial charge on any atom is -0.480 e. The van der Waals surface area contributed by atoms with Gasteiger partial charge in [-0.3, -0.25) is 4.79 Å². The summed E-state index contributed by atoms with van der Waals surface area (Å²) in [4.78, 5) is 23.5. The van der Waals surface area contributed by atoms with Crippen molar-refractivity contribution >= 4 is 11.9 Å². The molecule has 5 nitrogen and oxygen atoms in total. The molecule has 108 valence electrons. The standard InChI is InChI=1S/C14H24N2O3/c1-3-6-11(12(17)18)16-13(19)14(7-4-2)8-5-9-15-10-14/h3,11,15H,1,4-10H2,2H3,(H,16,19)(H,17,18). The predicted molar refractivity (Wildman–Crippen MR) is 73.8 cm³/mol. The Hall–Kier alpha value is -1.36. The van der Waals surface area contributed by atoms with E-state index in [1.54, 1.807) is 0 Å². The number of carboxylic acids is 1. The second-order valence-corrected chi connectivity index (χ2v) is 5.20. The number of carbonyl (C=O) groups excluding carboxylic acids is 1. The van der Waals surface area contributed by atoms with Gasteiger partial charge in [-0.2, -0.15) is 0 Å². The van der Waals surface area contributed by atoms with E-state index in [0.29, 0.717) is 6.54 Å². The van der Waals surface area contributed by atoms with E-state index >= 15 is 0 Å². The Kier molecular flexibility index (Phi) is 6.02. The van der Waals surface area contributed by atoms with Crippen LogP contribution in [0.15, 0.2) is 12.7 Å². The van der Waals surface area contributed by atoms with Crippen molar-refractivity contribution in [3.8, 4) is 0 Å². The van der Waals surface area contributed by atoms with Gasteiger partial charge in [0.25, 0.3) is 0 Å². The van der Waals surface area contributed by atoms with Crippen LogP contribution in [0, 0.1) is 5.41 Å². The molecule has 0 saturated carbocycles. The van der Waals surface area contributed by atoms with Crippen molar-refractivity contribution in [1.29, 1.82) is 0 Å². The van der Waals surface area contributed by atoms with Gasteiger partial charge in [0, 0.05) is 6.54 Å². The van der Waals surface area contributed by atoms with Crippen molar-refractivity contribution in [3.63, 3.8) is 0 Å². The topological polar surface area (TPSA) is 78.4 Å². The summed E-state index contributed by atoms with van der Waals surface area (Å²) in [7, 11) is 0. The maximum absolute atomic E-state index is 12.5. The van der Waals surface area contributed by atoms with Gasteiger partial charge in [-0.25, -0.2) is 4.79 Å². The SMILES string of the molecule is C=CCC(NC(=O)C1(CCC)CCCNC1)C(=O)O. The zero-order chi connectivity index (χ0) is 14.3. The first-order chi connectivity index (χ1) is 9.05. The van der Waals surface area contributed by atoms with Gasteiger partial charge in [-0.1, -0.05) is 19.4 Å². The van der Waals surface area contributed by atoms with Crippen LogP contribution in [0.4, 0.5) is 0 Å². The highest BCUT2D eigenvalue weighted by atomic mass is 16.4. The van der Waals surface area contributed by atoms with Gasteiger partial charge >= 0.3 is 5.97 Å². The molecule has 0 bridgehead atoms. The van der Waals surface area contributed by atoms with E-state index in [1.165, 1.54) is 6.08 Å². The Labute approximate surface area is 114 Å². The zero-order valence-electron chi connectivity index (χ0n) is 11.6. The van der Waals surface area contributed by atoms with Crippen LogP contribution < -0.4 is 10.6 Å². The van der Waals surface area contributed by atoms with Gasteiger partial charge in [0.1, 0.15) is 6.04 Å². The minimum atomic E-state index is -1.01. The monoisotopic (exact) mass is 268 g/mol. The highest BCUT2D eigenvalue weighted by Crippen LogP contribution is 2.32. The van der Waals surface area contributed by atoms with E-state index in [0.717, 1.165) is 32.2 Å². The molecule has 0 radical (unpaired) electrons. The highest BCUT2D eigenvalue weighted by molar-refractivity contribution is 5.87. The number of rotatable bonds is 7. The molecule has 0 spiro atoms. The lowest BCUT2D eigenvalue weighted by Crippen LogP contribution is -2.54. The smallest absolute Gasteiger partial charge is 0.326 e. The average molecular weight is 268 g/mol. The first kappa shape index (κ1) is 15.7. The lowest BCUT2D eigenvalue weighted by Gasteiger charge is -2.37. The molecule has 1 fully saturated rings. The van der Waals surface area contributed by atoms with E-state index in [-0.39, 0.29) is 12.3 Å². The van der Waals surface area contributed by atoms with Crippen molar-refractivity contribution in [1.82, 2.24) is 10.6 Å². The van der Waals surface area contributed by atoms with Crippen molar-refractivity contribution < 1.29 is 14.7 Å². The number of piperidine rings is 1. The van der Waals surface area contributed by atoms with Gasteiger partial charge in [0.2, 0.25) is 5.91 Å². The Balaban J connectivity index is 2.75. The second kappa shape index (κ2) is 7.28. The molecule has 1 aliphatic heterocycles. The van der Waals surface area contributed by atoms with Crippen LogP contribution in [0.25, 0.3) is 0 Å². The number of nitrogens with one attached hydrogen (secondary N) is 2. The number of hydrogen-bond acceptors (Lipinski definition) is 3. The van der Waals surface area contributed by atoms with Crippen molar-refractivity contribution in [2.75, 3.05) is 13.1 Å². The summed E-state index contributed by atoms with van der Waals surface area (Å²) >= 11 is 0. The van der Waals surface area contributed by atoms with Crippen LogP contribution in [0.1, 0.15) is 39.0 Å². The van der Waals surface area contributed by atoms with Gasteiger partial charge < -0.3 is 15.7 Å². The molecule has 1 aliphatic rings. The molecular weight excluding hydrogens is 244 g/mol. The number of aliphatic carboxylic acids is 1. The number of carbonyl (C=O) groups is 2. The van der Waals surface area contributed by atoms with Crippen molar-refractivity contribution in [3.05, 3.63) is 12.7 Å². The molecule has 1 saturated heterocycles. The first-order valence-electron chi connectivity index (χ1n) is 6.91. The highest BCUT2D eigenvalue weighted by Gasteiger charge is 2.39. The van der Waals surface area contributed by atoms with Crippen LogP contribution >= 0.6 is 0 Å². The third kappa shape index (κ3) is 4.06. The van der Waals surface area contributed by atoms with Crippen LogP contribution in [-0.4, -0.2) is 36.1 Å². The second-order valence-electron chi connectivity index (χ2n) is 5.20. The van der Waals surface area contributed by atoms with Gasteiger partial charge in [0.15, 0.2) is 0 Å². The van der Waals surface area contributed by atoms with Crippen molar-refractivity contribution in [2.24, 2.45) is 5.41 Å². The van der Waals surface area contributed by atoms with E-state index in [2.05, 4.69) is 17.2 Å². The van der Waals surface area contributed by atoms with E-state index in [9.17, 15) is 9.59 Å². The third-order valence-electron chi connectivity index (χ3n) is 3.69. The fourth-order valence-corrected chi connectivity index (χ4v) is 2.67. The summed E-state index contributed by atoms with van der Waals surface area (Å²) in [6, 6.07) is -0.874. The van der Waals surface area contributed by atoms with E-state index < -0.39 is 17.4 Å². The van der Waals surface area contributed by atoms with Gasteiger partial charge in [0.05, 0.1) is 5.41 Å². The summed E-state index contributed by atoms with van der Waals surface area (Å²) in [5.74, 6) is -1.15. The molecule has 1 rings (SSSR count). The zero-order valence-corrected chi connectivity index (χ0v) is 11.6. The molecular formula is C14H24N2O3. The normalized spacial score (nSPS) is 24.5. The maximum atomic E-state index is 12.5. The molecule has 0 aliphatic carbocycles. The fraction of sp³-hybridized carbons (Fsp3) is 0.714. The van der Waals surface area contributed by atoms with Crippen LogP contribution in [0.3, 0.4) is 0 Å². The predicted octanol–water partition coefficient (Wildman–Crippen LogP) is 1.30. The minimum absolute atomic E-state index is 0.143. The van der Waals surface area contributed by atoms with E-state index in [1.807, 2.05) is 6.92 Å². The quantitative estimate of drug-likeness (QED) is 0.608. The van der Waals surface area contributed by atoms with Crippen LogP contribution in [-0.2, 0) is 9.59 Å². The molecule has 1 heterocycles. The van der Waals surface area contributed by atoms with Gasteiger partial charge in [-0.05, 0) is 32.2 Å². The largest absolute Gasteiger partial charge is 0.480 e. The average Bonchev–Trinajstić information content (AvgIpc) is 2.39. The van der Waals surface area contributed by atoms with E-state index in [4.69, 9.17) is 5.11 Å². The number of hydrogen-bond donors (Lipinski definition) is 3. The molecule has 0 aromatic carbocycles. The summed E-state index contributed by atoms with van der Waals surface area (Å²) in [5.41, 5.74) is -0.456. The summed E-state index contributed by atoms with van der Waals surface area (Å²) in [6.07, 6.45) is 5.23. The first-order valence-corrected chi connectivity index (χ1v) is 6.91. The number of amides is 1. The molecule has 19 heavy (non-hydrogen) atoms. The third-order valence-corrected chi connectivity index (χ3v) is 3.69. The maximum Gasteiger partial charge on any atom is 0.326 e. The van der Waals surface area contributed by atoms with Crippen LogP contribution in [0.2, 0.25) is 0 Å².